The number of carboxylic acid groups (broad SMARTS) is 1. The maximum absolute atomic E-state index is 11.3. The van der Waals surface area contributed by atoms with E-state index in [9.17, 15) is 14.7 Å². The number of hydrogen-bond donors (Lipinski definition) is 1. The molecule has 0 saturated heterocycles. The molecular formula is C11H11N2O4S+. The number of amides is 1. The Morgan fingerprint density at radius 3 is 2.33 bits per heavy atom. The Labute approximate surface area is 108 Å². The molecule has 18 heavy (non-hydrogen) atoms. The molecule has 7 heteroatoms. The molecular weight excluding hydrogens is 256 g/mol. The minimum atomic E-state index is -1.21. The summed E-state index contributed by atoms with van der Waals surface area (Å²) in [5.74, 6) is 0. The van der Waals surface area contributed by atoms with Crippen LogP contribution in [-0.2, 0) is 4.74 Å². The van der Waals surface area contributed by atoms with Gasteiger partial charge in [-0.2, -0.15) is 10.1 Å². The molecule has 94 valence electrons. The third kappa shape index (κ3) is 2.80. The highest BCUT2D eigenvalue weighted by Crippen LogP contribution is 2.31. The molecule has 0 heterocycles. The highest BCUT2D eigenvalue weighted by atomic mass is 32.2. The number of nitriles is 1. The van der Waals surface area contributed by atoms with Crippen LogP contribution in [0.4, 0.5) is 15.3 Å². The Hall–Kier alpha value is -2.04. The number of quaternary nitrogens is 1. The Morgan fingerprint density at radius 1 is 1.39 bits per heavy atom. The van der Waals surface area contributed by atoms with Crippen LogP contribution in [0.1, 0.15) is 5.56 Å². The Kier molecular flexibility index (Phi) is 4.31. The molecule has 1 atom stereocenters. The van der Waals surface area contributed by atoms with Crippen molar-refractivity contribution in [2.45, 2.75) is 0 Å². The van der Waals surface area contributed by atoms with Gasteiger partial charge < -0.3 is 9.84 Å². The Bertz CT molecular complexity index is 509. The van der Waals surface area contributed by atoms with Gasteiger partial charge in [-0.3, -0.25) is 0 Å². The summed E-state index contributed by atoms with van der Waals surface area (Å²) < 4.78 is 3.75. The number of ether oxygens (including phenoxy) is 1. The fourth-order valence-corrected chi connectivity index (χ4v) is 1.89. The first-order chi connectivity index (χ1) is 8.43. The van der Waals surface area contributed by atoms with Gasteiger partial charge in [-0.05, 0) is 12.1 Å². The van der Waals surface area contributed by atoms with E-state index in [-0.39, 0.29) is 0 Å². The van der Waals surface area contributed by atoms with E-state index in [1.807, 2.05) is 6.07 Å². The molecule has 0 aliphatic carbocycles. The van der Waals surface area contributed by atoms with Crippen LogP contribution in [0, 0.1) is 11.3 Å². The number of methoxy groups -OCH3 is 1. The summed E-state index contributed by atoms with van der Waals surface area (Å²) >= 11 is 0.516. The quantitative estimate of drug-likeness (QED) is 0.478. The van der Waals surface area contributed by atoms with Gasteiger partial charge >= 0.3 is 11.4 Å². The molecule has 0 aliphatic heterocycles. The van der Waals surface area contributed by atoms with Crippen LogP contribution in [0.3, 0.4) is 0 Å². The molecule has 0 spiro atoms. The number of rotatable bonds is 1. The molecule has 0 aliphatic rings. The highest BCUT2D eigenvalue weighted by Gasteiger charge is 2.40. The first kappa shape index (κ1) is 14.0. The summed E-state index contributed by atoms with van der Waals surface area (Å²) in [6.45, 7) is 0. The molecule has 0 bridgehead atoms. The van der Waals surface area contributed by atoms with Gasteiger partial charge in [0.1, 0.15) is 0 Å². The number of nitrogens with zero attached hydrogens (tertiary/aromatic N) is 2. The van der Waals surface area contributed by atoms with Crippen molar-refractivity contribution < 1.29 is 19.4 Å². The second-order valence-corrected chi connectivity index (χ2v) is 4.66. The van der Waals surface area contributed by atoms with Crippen molar-refractivity contribution in [1.82, 2.24) is 3.89 Å². The molecule has 1 amide bonds. The van der Waals surface area contributed by atoms with Gasteiger partial charge in [0.05, 0.1) is 25.8 Å². The lowest BCUT2D eigenvalue weighted by Gasteiger charge is -2.22. The SMILES string of the molecule is COC(=O)S[N+](C)(C(=O)O)c1ccc(C#N)cc1. The van der Waals surface area contributed by atoms with Crippen molar-refractivity contribution in [3.63, 3.8) is 0 Å². The van der Waals surface area contributed by atoms with E-state index in [0.717, 1.165) is 0 Å². The average molecular weight is 267 g/mol. The van der Waals surface area contributed by atoms with E-state index >= 15 is 0 Å². The number of hydrogen-bond acceptors (Lipinski definition) is 5. The van der Waals surface area contributed by atoms with Crippen LogP contribution in [0.5, 0.6) is 0 Å². The zero-order valence-electron chi connectivity index (χ0n) is 9.78. The van der Waals surface area contributed by atoms with Crippen molar-refractivity contribution >= 4 is 29.0 Å². The third-order valence-electron chi connectivity index (χ3n) is 2.28. The van der Waals surface area contributed by atoms with Gasteiger partial charge in [-0.25, -0.2) is 4.79 Å². The maximum atomic E-state index is 11.3. The van der Waals surface area contributed by atoms with E-state index in [0.29, 0.717) is 23.2 Å². The molecule has 6 nitrogen and oxygen atoms in total. The fraction of sp³-hybridized carbons (Fsp3) is 0.182. The molecule has 1 aromatic carbocycles. The predicted octanol–water partition coefficient (Wildman–Crippen LogP) is 2.59. The average Bonchev–Trinajstić information content (AvgIpc) is 2.38. The van der Waals surface area contributed by atoms with Crippen molar-refractivity contribution in [3.05, 3.63) is 29.8 Å². The zero-order valence-corrected chi connectivity index (χ0v) is 10.6. The lowest BCUT2D eigenvalue weighted by atomic mass is 10.2. The first-order valence-corrected chi connectivity index (χ1v) is 5.59. The van der Waals surface area contributed by atoms with Gasteiger partial charge in [0.15, 0.2) is 5.69 Å². The monoisotopic (exact) mass is 267 g/mol. The largest absolute Gasteiger partial charge is 0.531 e. The lowest BCUT2D eigenvalue weighted by Crippen LogP contribution is -2.43. The zero-order chi connectivity index (χ0) is 13.8. The standard InChI is InChI=1S/C11H10N2O4S/c1-13(10(14)15,18-11(16)17-2)9-5-3-8(7-12)4-6-9/h3-6H,1-2H3/p+1. The summed E-state index contributed by atoms with van der Waals surface area (Å²) in [7, 11) is 2.53. The van der Waals surface area contributed by atoms with E-state index in [2.05, 4.69) is 4.74 Å². The first-order valence-electron chi connectivity index (χ1n) is 4.82. The van der Waals surface area contributed by atoms with E-state index in [4.69, 9.17) is 5.26 Å². The number of carbonyl (C=O) groups excluding carboxylic acids is 1. The van der Waals surface area contributed by atoms with Crippen molar-refractivity contribution in [1.29, 1.82) is 5.26 Å². The maximum Gasteiger partial charge on any atom is 0.531 e. The number of benzene rings is 1. The third-order valence-corrected chi connectivity index (χ3v) is 3.33. The van der Waals surface area contributed by atoms with Crippen molar-refractivity contribution in [2.75, 3.05) is 14.2 Å². The second kappa shape index (κ2) is 5.53. The van der Waals surface area contributed by atoms with Crippen LogP contribution >= 0.6 is 11.9 Å². The molecule has 1 N–H and O–H groups in total. The second-order valence-electron chi connectivity index (χ2n) is 3.41. The molecule has 0 aromatic heterocycles. The van der Waals surface area contributed by atoms with Crippen LogP contribution < -0.4 is 3.89 Å². The van der Waals surface area contributed by atoms with Crippen LogP contribution in [0.2, 0.25) is 0 Å². The van der Waals surface area contributed by atoms with Crippen LogP contribution in [0.25, 0.3) is 0 Å². The lowest BCUT2D eigenvalue weighted by molar-refractivity contribution is 0.178. The molecule has 1 rings (SSSR count). The van der Waals surface area contributed by atoms with Crippen LogP contribution in [0.15, 0.2) is 24.3 Å². The Balaban J connectivity index is 3.15. The predicted molar refractivity (Wildman–Crippen MR) is 66.9 cm³/mol. The normalized spacial score (nSPS) is 13.2. The Morgan fingerprint density at radius 2 is 1.94 bits per heavy atom. The molecule has 0 radical (unpaired) electrons. The topological polar surface area (TPSA) is 87.4 Å². The number of carbonyl (C=O) groups is 2. The summed E-state index contributed by atoms with van der Waals surface area (Å²) in [6, 6.07) is 7.90. The van der Waals surface area contributed by atoms with Crippen molar-refractivity contribution in [3.8, 4) is 6.07 Å². The van der Waals surface area contributed by atoms with E-state index < -0.39 is 15.3 Å². The smallest absolute Gasteiger partial charge is 0.457 e. The van der Waals surface area contributed by atoms with Crippen molar-refractivity contribution in [2.24, 2.45) is 0 Å². The van der Waals surface area contributed by atoms with Gasteiger partial charge in [-0.1, -0.05) is 0 Å². The van der Waals surface area contributed by atoms with Crippen LogP contribution in [-0.4, -0.2) is 30.7 Å². The summed E-state index contributed by atoms with van der Waals surface area (Å²) in [4.78, 5) is 22.5. The minimum Gasteiger partial charge on any atom is -0.457 e. The van der Waals surface area contributed by atoms with Gasteiger partial charge in [0.25, 0.3) is 0 Å². The van der Waals surface area contributed by atoms with E-state index in [1.54, 1.807) is 0 Å². The fourth-order valence-electron chi connectivity index (χ4n) is 1.21. The summed E-state index contributed by atoms with van der Waals surface area (Å²) in [6.07, 6.45) is -1.21. The molecule has 1 aromatic rings. The minimum absolute atomic E-state index is 0.358. The molecule has 0 saturated carbocycles. The van der Waals surface area contributed by atoms with Gasteiger partial charge in [-0.15, -0.1) is 3.89 Å². The molecule has 1 unspecified atom stereocenters. The molecule has 0 fully saturated rings. The van der Waals surface area contributed by atoms with E-state index in [1.165, 1.54) is 38.4 Å². The summed E-state index contributed by atoms with van der Waals surface area (Å²) in [5, 5.41) is 17.2. The van der Waals surface area contributed by atoms with Gasteiger partial charge in [0, 0.05) is 12.1 Å². The van der Waals surface area contributed by atoms with Gasteiger partial charge in [0.2, 0.25) is 11.9 Å². The highest BCUT2D eigenvalue weighted by molar-refractivity contribution is 8.13. The summed E-state index contributed by atoms with van der Waals surface area (Å²) in [5.41, 5.74) is 0.774.